The van der Waals surface area contributed by atoms with Crippen LogP contribution < -0.4 is 10.1 Å². The van der Waals surface area contributed by atoms with Crippen LogP contribution in [0.5, 0.6) is 5.75 Å². The lowest BCUT2D eigenvalue weighted by Gasteiger charge is -2.27. The van der Waals surface area contributed by atoms with Gasteiger partial charge in [0.1, 0.15) is 10.8 Å². The lowest BCUT2D eigenvalue weighted by Crippen LogP contribution is -2.43. The van der Waals surface area contributed by atoms with E-state index < -0.39 is 18.1 Å². The van der Waals surface area contributed by atoms with E-state index in [1.54, 1.807) is 12.3 Å². The van der Waals surface area contributed by atoms with Gasteiger partial charge in [-0.25, -0.2) is 4.98 Å². The van der Waals surface area contributed by atoms with Crippen molar-refractivity contribution in [1.82, 2.24) is 10.3 Å². The quantitative estimate of drug-likeness (QED) is 0.878. The summed E-state index contributed by atoms with van der Waals surface area (Å²) in [6.07, 6.45) is 2.28. The van der Waals surface area contributed by atoms with Crippen LogP contribution >= 0.6 is 11.3 Å². The molecule has 1 aromatic heterocycles. The minimum Gasteiger partial charge on any atom is -0.434 e. The van der Waals surface area contributed by atoms with Gasteiger partial charge in [-0.1, -0.05) is 19.1 Å². The van der Waals surface area contributed by atoms with Gasteiger partial charge in [-0.05, 0) is 25.5 Å². The topological polar surface area (TPSA) is 51.2 Å². The lowest BCUT2D eigenvalue weighted by atomic mass is 9.99. The SMILES string of the molecule is CC[C@](C)(NC(=O)c1ccccc1OC(F)F)c1nccs1. The van der Waals surface area contributed by atoms with E-state index in [4.69, 9.17) is 0 Å². The molecule has 1 amide bonds. The lowest BCUT2D eigenvalue weighted by molar-refractivity contribution is -0.0501. The number of para-hydroxylation sites is 1. The maximum Gasteiger partial charge on any atom is 0.387 e. The Labute approximate surface area is 131 Å². The van der Waals surface area contributed by atoms with Crippen molar-refractivity contribution in [2.75, 3.05) is 0 Å². The van der Waals surface area contributed by atoms with Gasteiger partial charge in [0.05, 0.1) is 11.1 Å². The van der Waals surface area contributed by atoms with Crippen LogP contribution in [0.25, 0.3) is 0 Å². The first kappa shape index (κ1) is 16.4. The molecule has 0 aliphatic heterocycles. The third-order valence-corrected chi connectivity index (χ3v) is 4.39. The molecule has 1 aromatic carbocycles. The second-order valence-electron chi connectivity index (χ2n) is 4.85. The molecule has 1 N–H and O–H groups in total. The normalized spacial score (nSPS) is 13.7. The summed E-state index contributed by atoms with van der Waals surface area (Å²) in [6, 6.07) is 5.92. The van der Waals surface area contributed by atoms with Gasteiger partial charge >= 0.3 is 6.61 Å². The predicted molar refractivity (Wildman–Crippen MR) is 80.3 cm³/mol. The Morgan fingerprint density at radius 1 is 1.45 bits per heavy atom. The molecule has 0 saturated carbocycles. The summed E-state index contributed by atoms with van der Waals surface area (Å²) in [7, 11) is 0. The van der Waals surface area contributed by atoms with E-state index in [-0.39, 0.29) is 11.3 Å². The van der Waals surface area contributed by atoms with E-state index in [1.807, 2.05) is 19.2 Å². The van der Waals surface area contributed by atoms with Gasteiger partial charge in [0, 0.05) is 11.6 Å². The number of thiazole rings is 1. The van der Waals surface area contributed by atoms with Gasteiger partial charge in [-0.3, -0.25) is 4.79 Å². The van der Waals surface area contributed by atoms with Crippen molar-refractivity contribution in [2.45, 2.75) is 32.4 Å². The molecule has 22 heavy (non-hydrogen) atoms. The van der Waals surface area contributed by atoms with Gasteiger partial charge in [0.2, 0.25) is 0 Å². The van der Waals surface area contributed by atoms with Crippen molar-refractivity contribution in [3.8, 4) is 5.75 Å². The third kappa shape index (κ3) is 3.59. The minimum absolute atomic E-state index is 0.0685. The number of amides is 1. The molecule has 0 radical (unpaired) electrons. The zero-order chi connectivity index (χ0) is 16.2. The molecule has 4 nitrogen and oxygen atoms in total. The standard InChI is InChI=1S/C15H16F2N2O2S/c1-3-15(2,13-18-8-9-22-13)19-12(20)10-6-4-5-7-11(10)21-14(16)17/h4-9,14H,3H2,1-2H3,(H,19,20)/t15-/m0/s1. The van der Waals surface area contributed by atoms with Crippen molar-refractivity contribution in [3.63, 3.8) is 0 Å². The number of hydrogen-bond acceptors (Lipinski definition) is 4. The molecular weight excluding hydrogens is 310 g/mol. The Bertz CT molecular complexity index is 634. The fourth-order valence-electron chi connectivity index (χ4n) is 1.96. The van der Waals surface area contributed by atoms with Crippen molar-refractivity contribution in [2.24, 2.45) is 0 Å². The first-order chi connectivity index (χ1) is 10.5. The van der Waals surface area contributed by atoms with E-state index in [0.29, 0.717) is 6.42 Å². The van der Waals surface area contributed by atoms with Crippen LogP contribution in [0.15, 0.2) is 35.8 Å². The van der Waals surface area contributed by atoms with Gasteiger partial charge in [-0.15, -0.1) is 11.3 Å². The second kappa shape index (κ2) is 6.83. The summed E-state index contributed by atoms with van der Waals surface area (Å²) in [5.74, 6) is -0.622. The summed E-state index contributed by atoms with van der Waals surface area (Å²) in [4.78, 5) is 16.7. The summed E-state index contributed by atoms with van der Waals surface area (Å²) in [5.41, 5.74) is -0.595. The molecule has 1 heterocycles. The van der Waals surface area contributed by atoms with E-state index in [2.05, 4.69) is 15.0 Å². The number of benzene rings is 1. The average Bonchev–Trinajstić information content (AvgIpc) is 3.02. The molecule has 0 fully saturated rings. The Balaban J connectivity index is 2.25. The molecular formula is C15H16F2N2O2S. The Morgan fingerprint density at radius 2 is 2.18 bits per heavy atom. The highest BCUT2D eigenvalue weighted by molar-refractivity contribution is 7.09. The zero-order valence-electron chi connectivity index (χ0n) is 12.2. The maximum atomic E-state index is 12.5. The van der Waals surface area contributed by atoms with E-state index in [0.717, 1.165) is 5.01 Å². The average molecular weight is 326 g/mol. The van der Waals surface area contributed by atoms with Crippen LogP contribution in [0, 0.1) is 0 Å². The number of halogens is 2. The molecule has 0 aliphatic carbocycles. The van der Waals surface area contributed by atoms with Gasteiger partial charge < -0.3 is 10.1 Å². The molecule has 2 rings (SSSR count). The zero-order valence-corrected chi connectivity index (χ0v) is 13.0. The molecule has 0 bridgehead atoms. The van der Waals surface area contributed by atoms with Crippen LogP contribution in [-0.2, 0) is 5.54 Å². The summed E-state index contributed by atoms with van der Waals surface area (Å²) < 4.78 is 29.3. The van der Waals surface area contributed by atoms with Crippen molar-refractivity contribution in [3.05, 3.63) is 46.4 Å². The van der Waals surface area contributed by atoms with Crippen LogP contribution in [0.1, 0.15) is 35.6 Å². The monoisotopic (exact) mass is 326 g/mol. The molecule has 0 saturated heterocycles. The van der Waals surface area contributed by atoms with E-state index >= 15 is 0 Å². The van der Waals surface area contributed by atoms with Crippen molar-refractivity contribution >= 4 is 17.2 Å². The van der Waals surface area contributed by atoms with Gasteiger partial charge in [0.15, 0.2) is 0 Å². The largest absolute Gasteiger partial charge is 0.434 e. The number of aromatic nitrogens is 1. The molecule has 0 unspecified atom stereocenters. The number of nitrogens with one attached hydrogen (secondary N) is 1. The van der Waals surface area contributed by atoms with Crippen LogP contribution in [0.3, 0.4) is 0 Å². The molecule has 2 aromatic rings. The van der Waals surface area contributed by atoms with Crippen LogP contribution in [0.2, 0.25) is 0 Å². The Hall–Kier alpha value is -2.02. The highest BCUT2D eigenvalue weighted by atomic mass is 32.1. The minimum atomic E-state index is -2.98. The Kier molecular flexibility index (Phi) is 5.07. The van der Waals surface area contributed by atoms with E-state index in [1.165, 1.54) is 29.5 Å². The highest BCUT2D eigenvalue weighted by Gasteiger charge is 2.30. The summed E-state index contributed by atoms with van der Waals surface area (Å²) >= 11 is 1.43. The molecule has 0 aliphatic rings. The first-order valence-electron chi connectivity index (χ1n) is 6.72. The number of alkyl halides is 2. The fraction of sp³-hybridized carbons (Fsp3) is 0.333. The fourth-order valence-corrected chi connectivity index (χ4v) is 2.79. The van der Waals surface area contributed by atoms with E-state index in [9.17, 15) is 13.6 Å². The molecule has 7 heteroatoms. The van der Waals surface area contributed by atoms with Gasteiger partial charge in [0.25, 0.3) is 5.91 Å². The second-order valence-corrected chi connectivity index (χ2v) is 5.75. The molecule has 118 valence electrons. The highest BCUT2D eigenvalue weighted by Crippen LogP contribution is 2.28. The van der Waals surface area contributed by atoms with Crippen molar-refractivity contribution in [1.29, 1.82) is 0 Å². The van der Waals surface area contributed by atoms with Crippen molar-refractivity contribution < 1.29 is 18.3 Å². The number of ether oxygens (including phenoxy) is 1. The Morgan fingerprint density at radius 3 is 2.77 bits per heavy atom. The number of hydrogen-bond donors (Lipinski definition) is 1. The van der Waals surface area contributed by atoms with Gasteiger partial charge in [-0.2, -0.15) is 8.78 Å². The number of carbonyl (C=O) groups excluding carboxylic acids is 1. The summed E-state index contributed by atoms with van der Waals surface area (Å²) in [6.45, 7) is 0.786. The number of nitrogens with zero attached hydrogens (tertiary/aromatic N) is 1. The number of carbonyl (C=O) groups is 1. The third-order valence-electron chi connectivity index (χ3n) is 3.35. The first-order valence-corrected chi connectivity index (χ1v) is 7.60. The molecule has 0 spiro atoms. The number of rotatable bonds is 6. The van der Waals surface area contributed by atoms with Crippen LogP contribution in [0.4, 0.5) is 8.78 Å². The smallest absolute Gasteiger partial charge is 0.387 e. The summed E-state index contributed by atoms with van der Waals surface area (Å²) in [5, 5.41) is 5.44. The molecule has 1 atom stereocenters. The van der Waals surface area contributed by atoms with Crippen LogP contribution in [-0.4, -0.2) is 17.5 Å². The maximum absolute atomic E-state index is 12.5. The predicted octanol–water partition coefficient (Wildman–Crippen LogP) is 3.80.